The summed E-state index contributed by atoms with van der Waals surface area (Å²) in [4.78, 5) is 16.8. The minimum Gasteiger partial charge on any atom is -0.306 e. The van der Waals surface area contributed by atoms with Gasteiger partial charge in [0, 0.05) is 29.0 Å². The van der Waals surface area contributed by atoms with Gasteiger partial charge in [-0.3, -0.25) is 4.79 Å². The molecule has 0 unspecified atom stereocenters. The van der Waals surface area contributed by atoms with E-state index in [1.54, 1.807) is 0 Å². The third-order valence-corrected chi connectivity index (χ3v) is 4.64. The minimum atomic E-state index is 0.243. The molecule has 1 aliphatic heterocycles. The number of Topliss-reactive ketones (excluding diaryl/α,β-unsaturated/α-hetero) is 1. The van der Waals surface area contributed by atoms with Crippen molar-refractivity contribution in [1.29, 1.82) is 0 Å². The van der Waals surface area contributed by atoms with E-state index in [-0.39, 0.29) is 5.78 Å². The molecule has 0 saturated carbocycles. The van der Waals surface area contributed by atoms with Crippen LogP contribution in [0.2, 0.25) is 0 Å². The van der Waals surface area contributed by atoms with Gasteiger partial charge in [0.25, 0.3) is 0 Å². The Bertz CT molecular complexity index is 436. The molecule has 1 saturated heterocycles. The maximum atomic E-state index is 12.1. The highest BCUT2D eigenvalue weighted by molar-refractivity contribution is 9.10. The molecule has 0 radical (unpaired) electrons. The van der Waals surface area contributed by atoms with Crippen LogP contribution in [0.15, 0.2) is 28.7 Å². The summed E-state index contributed by atoms with van der Waals surface area (Å²) in [5, 5.41) is 0. The van der Waals surface area contributed by atoms with Gasteiger partial charge in [-0.2, -0.15) is 0 Å². The molecule has 0 N–H and O–H groups in total. The van der Waals surface area contributed by atoms with Gasteiger partial charge in [-0.15, -0.1) is 0 Å². The van der Waals surface area contributed by atoms with Crippen LogP contribution in [-0.4, -0.2) is 55.4 Å². The fourth-order valence-electron chi connectivity index (χ4n) is 2.70. The molecule has 0 atom stereocenters. The number of nitrogens with zero attached hydrogens (tertiary/aromatic N) is 2. The highest BCUT2D eigenvalue weighted by Crippen LogP contribution is 2.16. The van der Waals surface area contributed by atoms with Crippen LogP contribution in [0.5, 0.6) is 0 Å². The summed E-state index contributed by atoms with van der Waals surface area (Å²) < 4.78 is 1.01. The largest absolute Gasteiger partial charge is 0.306 e. The van der Waals surface area contributed by atoms with Gasteiger partial charge in [0.05, 0.1) is 0 Å². The van der Waals surface area contributed by atoms with E-state index < -0.39 is 0 Å². The Morgan fingerprint density at radius 1 is 1.25 bits per heavy atom. The fourth-order valence-corrected chi connectivity index (χ4v) is 2.96. The fraction of sp³-hybridized carbons (Fsp3) is 0.562. The molecule has 3 nitrogen and oxygen atoms in total. The average Bonchev–Trinajstić information content (AvgIpc) is 2.46. The van der Waals surface area contributed by atoms with Gasteiger partial charge in [-0.05, 0) is 52.2 Å². The predicted octanol–water partition coefficient (Wildman–Crippen LogP) is 3.05. The Balaban J connectivity index is 1.76. The van der Waals surface area contributed by atoms with Crippen LogP contribution in [-0.2, 0) is 0 Å². The molecule has 0 aromatic heterocycles. The topological polar surface area (TPSA) is 23.6 Å². The zero-order valence-corrected chi connectivity index (χ0v) is 13.9. The summed E-state index contributed by atoms with van der Waals surface area (Å²) in [5.74, 6) is 0.243. The van der Waals surface area contributed by atoms with E-state index in [0.29, 0.717) is 12.5 Å². The Morgan fingerprint density at radius 2 is 1.85 bits per heavy atom. The molecule has 1 heterocycles. The number of benzene rings is 1. The summed E-state index contributed by atoms with van der Waals surface area (Å²) in [6, 6.07) is 8.34. The summed E-state index contributed by atoms with van der Waals surface area (Å²) >= 11 is 3.39. The first-order chi connectivity index (χ1) is 9.56. The lowest BCUT2D eigenvalue weighted by atomic mass is 10.0. The third-order valence-electron chi connectivity index (χ3n) is 4.11. The molecular weight excluding hydrogens is 316 g/mol. The van der Waals surface area contributed by atoms with Gasteiger partial charge in [-0.25, -0.2) is 0 Å². The lowest BCUT2D eigenvalue weighted by molar-refractivity contribution is 0.0940. The van der Waals surface area contributed by atoms with Crippen LogP contribution >= 0.6 is 15.9 Å². The Hall–Kier alpha value is -0.710. The standard InChI is InChI=1S/C16H23BrN2O/c1-18(2)15-7-10-19(11-8-15)12-9-16(20)13-3-5-14(17)6-4-13/h3-6,15H,7-12H2,1-2H3. The predicted molar refractivity (Wildman–Crippen MR) is 86.2 cm³/mol. The van der Waals surface area contributed by atoms with E-state index >= 15 is 0 Å². The normalized spacial score (nSPS) is 17.6. The van der Waals surface area contributed by atoms with Gasteiger partial charge in [-0.1, -0.05) is 28.1 Å². The third kappa shape index (κ3) is 4.40. The van der Waals surface area contributed by atoms with Crippen molar-refractivity contribution in [3.63, 3.8) is 0 Å². The molecule has 1 aromatic rings. The van der Waals surface area contributed by atoms with Crippen molar-refractivity contribution in [3.05, 3.63) is 34.3 Å². The second-order valence-corrected chi connectivity index (χ2v) is 6.63. The number of halogens is 1. The molecule has 20 heavy (non-hydrogen) atoms. The molecule has 1 aliphatic rings. The molecule has 0 bridgehead atoms. The van der Waals surface area contributed by atoms with Crippen molar-refractivity contribution in [2.75, 3.05) is 33.7 Å². The maximum Gasteiger partial charge on any atom is 0.164 e. The van der Waals surface area contributed by atoms with Gasteiger partial charge >= 0.3 is 0 Å². The lowest BCUT2D eigenvalue weighted by Gasteiger charge is -2.35. The number of carbonyl (C=O) groups is 1. The first-order valence-corrected chi connectivity index (χ1v) is 8.03. The first kappa shape index (κ1) is 15.7. The second kappa shape index (κ2) is 7.34. The van der Waals surface area contributed by atoms with Crippen LogP contribution in [0, 0.1) is 0 Å². The lowest BCUT2D eigenvalue weighted by Crippen LogP contribution is -2.42. The van der Waals surface area contributed by atoms with E-state index in [1.807, 2.05) is 24.3 Å². The van der Waals surface area contributed by atoms with Gasteiger partial charge in [0.2, 0.25) is 0 Å². The van der Waals surface area contributed by atoms with E-state index in [0.717, 1.165) is 29.7 Å². The first-order valence-electron chi connectivity index (χ1n) is 7.24. The van der Waals surface area contributed by atoms with Crippen molar-refractivity contribution in [2.24, 2.45) is 0 Å². The molecular formula is C16H23BrN2O. The zero-order chi connectivity index (χ0) is 14.5. The maximum absolute atomic E-state index is 12.1. The van der Waals surface area contributed by atoms with Crippen molar-refractivity contribution < 1.29 is 4.79 Å². The average molecular weight is 339 g/mol. The SMILES string of the molecule is CN(C)C1CCN(CCC(=O)c2ccc(Br)cc2)CC1. The number of hydrogen-bond donors (Lipinski definition) is 0. The summed E-state index contributed by atoms with van der Waals surface area (Å²) in [6.45, 7) is 3.10. The van der Waals surface area contributed by atoms with Crippen LogP contribution in [0.25, 0.3) is 0 Å². The van der Waals surface area contributed by atoms with E-state index in [1.165, 1.54) is 12.8 Å². The van der Waals surface area contributed by atoms with Crippen molar-refractivity contribution in [1.82, 2.24) is 9.80 Å². The monoisotopic (exact) mass is 338 g/mol. The molecule has 1 fully saturated rings. The number of hydrogen-bond acceptors (Lipinski definition) is 3. The van der Waals surface area contributed by atoms with Gasteiger partial charge < -0.3 is 9.80 Å². The van der Waals surface area contributed by atoms with Crippen LogP contribution in [0.3, 0.4) is 0 Å². The molecule has 0 amide bonds. The number of carbonyl (C=O) groups excluding carboxylic acids is 1. The second-order valence-electron chi connectivity index (χ2n) is 5.72. The highest BCUT2D eigenvalue weighted by Gasteiger charge is 2.20. The molecule has 0 aliphatic carbocycles. The van der Waals surface area contributed by atoms with Crippen molar-refractivity contribution in [2.45, 2.75) is 25.3 Å². The molecule has 110 valence electrons. The van der Waals surface area contributed by atoms with Crippen LogP contribution in [0.4, 0.5) is 0 Å². The summed E-state index contributed by atoms with van der Waals surface area (Å²) in [7, 11) is 4.30. The number of ketones is 1. The van der Waals surface area contributed by atoms with Crippen molar-refractivity contribution in [3.8, 4) is 0 Å². The summed E-state index contributed by atoms with van der Waals surface area (Å²) in [5.41, 5.74) is 0.816. The number of piperidine rings is 1. The number of rotatable bonds is 5. The van der Waals surface area contributed by atoms with Crippen LogP contribution < -0.4 is 0 Å². The Kier molecular flexibility index (Phi) is 5.75. The quantitative estimate of drug-likeness (QED) is 0.771. The number of likely N-dealkylation sites (tertiary alicyclic amines) is 1. The molecule has 2 rings (SSSR count). The van der Waals surface area contributed by atoms with E-state index in [2.05, 4.69) is 39.8 Å². The molecule has 1 aromatic carbocycles. The smallest absolute Gasteiger partial charge is 0.164 e. The van der Waals surface area contributed by atoms with Crippen LogP contribution in [0.1, 0.15) is 29.6 Å². The van der Waals surface area contributed by atoms with Gasteiger partial charge in [0.1, 0.15) is 0 Å². The molecule has 4 heteroatoms. The minimum absolute atomic E-state index is 0.243. The van der Waals surface area contributed by atoms with E-state index in [4.69, 9.17) is 0 Å². The molecule has 0 spiro atoms. The highest BCUT2D eigenvalue weighted by atomic mass is 79.9. The van der Waals surface area contributed by atoms with E-state index in [9.17, 15) is 4.79 Å². The Labute approximate surface area is 130 Å². The Morgan fingerprint density at radius 3 is 2.40 bits per heavy atom. The zero-order valence-electron chi connectivity index (χ0n) is 12.3. The summed E-state index contributed by atoms with van der Waals surface area (Å²) in [6.07, 6.45) is 3.03. The van der Waals surface area contributed by atoms with Crippen molar-refractivity contribution >= 4 is 21.7 Å². The van der Waals surface area contributed by atoms with Gasteiger partial charge in [0.15, 0.2) is 5.78 Å².